The van der Waals surface area contributed by atoms with Gasteiger partial charge in [-0.25, -0.2) is 0 Å². The molecule has 0 amide bonds. The maximum Gasteiger partial charge on any atom is 0.188 e. The predicted molar refractivity (Wildman–Crippen MR) is 56.1 cm³/mol. The van der Waals surface area contributed by atoms with E-state index in [9.17, 15) is 0 Å². The third-order valence-corrected chi connectivity index (χ3v) is 2.89. The number of ether oxygens (including phenoxy) is 2. The first-order valence-corrected chi connectivity index (χ1v) is 5.54. The molecule has 2 heterocycles. The Bertz CT molecular complexity index is 247. The molecule has 80 valence electrons. The Hall–Kier alpha value is -0.340. The predicted octanol–water partition coefficient (Wildman–Crippen LogP) is 3.03. The molecule has 0 unspecified atom stereocenters. The van der Waals surface area contributed by atoms with Gasteiger partial charge in [-0.05, 0) is 46.1 Å². The molecule has 1 fully saturated rings. The van der Waals surface area contributed by atoms with E-state index in [-0.39, 0.29) is 5.60 Å². The van der Waals surface area contributed by atoms with Crippen LogP contribution in [0.1, 0.15) is 46.5 Å². The van der Waals surface area contributed by atoms with E-state index in [2.05, 4.69) is 26.8 Å². The van der Waals surface area contributed by atoms with Gasteiger partial charge < -0.3 is 9.47 Å². The monoisotopic (exact) mass is 196 g/mol. The van der Waals surface area contributed by atoms with Crippen molar-refractivity contribution < 1.29 is 9.47 Å². The van der Waals surface area contributed by atoms with E-state index in [4.69, 9.17) is 9.47 Å². The van der Waals surface area contributed by atoms with Crippen molar-refractivity contribution in [3.05, 3.63) is 11.6 Å². The Kier molecular flexibility index (Phi) is 2.44. The zero-order valence-electron chi connectivity index (χ0n) is 9.43. The smallest absolute Gasteiger partial charge is 0.188 e. The second-order valence-electron chi connectivity index (χ2n) is 5.15. The summed E-state index contributed by atoms with van der Waals surface area (Å²) >= 11 is 0. The van der Waals surface area contributed by atoms with Crippen LogP contribution in [0.5, 0.6) is 0 Å². The van der Waals surface area contributed by atoms with E-state index in [0.29, 0.717) is 0 Å². The molecule has 2 rings (SSSR count). The van der Waals surface area contributed by atoms with E-state index in [1.807, 2.05) is 0 Å². The van der Waals surface area contributed by atoms with Crippen molar-refractivity contribution in [1.29, 1.82) is 0 Å². The summed E-state index contributed by atoms with van der Waals surface area (Å²) in [7, 11) is 0. The minimum Gasteiger partial charge on any atom is -0.346 e. The van der Waals surface area contributed by atoms with E-state index in [1.54, 1.807) is 0 Å². The number of hydrogen-bond acceptors (Lipinski definition) is 2. The Morgan fingerprint density at radius 1 is 1.29 bits per heavy atom. The first-order chi connectivity index (χ1) is 6.52. The van der Waals surface area contributed by atoms with Crippen molar-refractivity contribution in [1.82, 2.24) is 0 Å². The SMILES string of the molecule is CC1=C[C@@]2(CCCCO2)OC(C)(C)C1. The highest BCUT2D eigenvalue weighted by Crippen LogP contribution is 2.39. The van der Waals surface area contributed by atoms with Crippen molar-refractivity contribution in [3.63, 3.8) is 0 Å². The second-order valence-corrected chi connectivity index (χ2v) is 5.15. The van der Waals surface area contributed by atoms with Gasteiger partial charge in [0.2, 0.25) is 0 Å². The van der Waals surface area contributed by atoms with Gasteiger partial charge >= 0.3 is 0 Å². The Morgan fingerprint density at radius 2 is 2.07 bits per heavy atom. The Labute approximate surface area is 86.3 Å². The van der Waals surface area contributed by atoms with Crippen LogP contribution < -0.4 is 0 Å². The molecule has 0 aromatic carbocycles. The fourth-order valence-corrected chi connectivity index (χ4v) is 2.62. The Morgan fingerprint density at radius 3 is 2.64 bits per heavy atom. The van der Waals surface area contributed by atoms with Crippen molar-refractivity contribution in [2.24, 2.45) is 0 Å². The molecule has 2 aliphatic rings. The first-order valence-electron chi connectivity index (χ1n) is 5.54. The minimum atomic E-state index is -0.399. The lowest BCUT2D eigenvalue weighted by molar-refractivity contribution is -0.274. The fraction of sp³-hybridized carbons (Fsp3) is 0.833. The van der Waals surface area contributed by atoms with Crippen LogP contribution in [0.4, 0.5) is 0 Å². The summed E-state index contributed by atoms with van der Waals surface area (Å²) in [5.41, 5.74) is 1.32. The second kappa shape index (κ2) is 3.35. The molecule has 0 aromatic rings. The van der Waals surface area contributed by atoms with Gasteiger partial charge in [0.05, 0.1) is 12.2 Å². The van der Waals surface area contributed by atoms with Crippen LogP contribution >= 0.6 is 0 Å². The van der Waals surface area contributed by atoms with E-state index in [1.165, 1.54) is 18.4 Å². The van der Waals surface area contributed by atoms with Crippen LogP contribution in [0, 0.1) is 0 Å². The maximum atomic E-state index is 6.07. The molecular weight excluding hydrogens is 176 g/mol. The van der Waals surface area contributed by atoms with Gasteiger partial charge in [-0.3, -0.25) is 0 Å². The molecule has 0 aliphatic carbocycles. The average Bonchev–Trinajstić information content (AvgIpc) is 2.00. The minimum absolute atomic E-state index is 0.0732. The highest BCUT2D eigenvalue weighted by atomic mass is 16.7. The highest BCUT2D eigenvalue weighted by molar-refractivity contribution is 5.14. The lowest BCUT2D eigenvalue weighted by Gasteiger charge is -2.44. The summed E-state index contributed by atoms with van der Waals surface area (Å²) in [6.07, 6.45) is 6.57. The Balaban J connectivity index is 2.21. The van der Waals surface area contributed by atoms with Crippen LogP contribution in [-0.4, -0.2) is 18.0 Å². The molecule has 0 N–H and O–H groups in total. The van der Waals surface area contributed by atoms with Crippen molar-refractivity contribution in [2.45, 2.75) is 57.8 Å². The van der Waals surface area contributed by atoms with Crippen LogP contribution in [0.15, 0.2) is 11.6 Å². The van der Waals surface area contributed by atoms with Crippen molar-refractivity contribution in [3.8, 4) is 0 Å². The maximum absolute atomic E-state index is 6.07. The summed E-state index contributed by atoms with van der Waals surface area (Å²) in [6.45, 7) is 7.29. The van der Waals surface area contributed by atoms with E-state index in [0.717, 1.165) is 19.4 Å². The molecule has 1 atom stereocenters. The number of hydrogen-bond donors (Lipinski definition) is 0. The van der Waals surface area contributed by atoms with Gasteiger partial charge in [-0.2, -0.15) is 0 Å². The molecule has 0 bridgehead atoms. The summed E-state index contributed by atoms with van der Waals surface area (Å²) < 4.78 is 11.9. The van der Waals surface area contributed by atoms with Gasteiger partial charge in [0, 0.05) is 6.42 Å². The topological polar surface area (TPSA) is 18.5 Å². The molecule has 1 saturated heterocycles. The van der Waals surface area contributed by atoms with Gasteiger partial charge in [-0.15, -0.1) is 0 Å². The largest absolute Gasteiger partial charge is 0.346 e. The lowest BCUT2D eigenvalue weighted by Crippen LogP contribution is -2.47. The molecule has 1 spiro atoms. The standard InChI is InChI=1S/C12H20O2/c1-10-8-11(2,3)14-12(9-10)6-4-5-7-13-12/h9H,4-8H2,1-3H3/t12-/m1/s1. The highest BCUT2D eigenvalue weighted by Gasteiger charge is 2.41. The molecule has 2 aliphatic heterocycles. The van der Waals surface area contributed by atoms with E-state index < -0.39 is 5.79 Å². The zero-order valence-corrected chi connectivity index (χ0v) is 9.43. The zero-order chi connectivity index (χ0) is 10.2. The normalized spacial score (nSPS) is 36.9. The molecule has 2 nitrogen and oxygen atoms in total. The summed E-state index contributed by atoms with van der Waals surface area (Å²) in [5.74, 6) is -0.399. The van der Waals surface area contributed by atoms with Gasteiger partial charge in [-0.1, -0.05) is 5.57 Å². The first kappa shape index (κ1) is 10.2. The van der Waals surface area contributed by atoms with Crippen LogP contribution in [0.2, 0.25) is 0 Å². The van der Waals surface area contributed by atoms with E-state index >= 15 is 0 Å². The number of rotatable bonds is 0. The summed E-state index contributed by atoms with van der Waals surface area (Å²) in [6, 6.07) is 0. The van der Waals surface area contributed by atoms with Crippen LogP contribution in [0.25, 0.3) is 0 Å². The molecule has 0 aromatic heterocycles. The summed E-state index contributed by atoms with van der Waals surface area (Å²) in [5, 5.41) is 0. The average molecular weight is 196 g/mol. The van der Waals surface area contributed by atoms with Crippen LogP contribution in [-0.2, 0) is 9.47 Å². The molecule has 14 heavy (non-hydrogen) atoms. The lowest BCUT2D eigenvalue weighted by atomic mass is 9.91. The third-order valence-electron chi connectivity index (χ3n) is 2.89. The van der Waals surface area contributed by atoms with Crippen molar-refractivity contribution >= 4 is 0 Å². The van der Waals surface area contributed by atoms with Gasteiger partial charge in [0.25, 0.3) is 0 Å². The molecule has 0 radical (unpaired) electrons. The molecule has 0 saturated carbocycles. The van der Waals surface area contributed by atoms with Gasteiger partial charge in [0.1, 0.15) is 0 Å². The quantitative estimate of drug-likeness (QED) is 0.554. The molecule has 2 heteroatoms. The fourth-order valence-electron chi connectivity index (χ4n) is 2.62. The van der Waals surface area contributed by atoms with Gasteiger partial charge in [0.15, 0.2) is 5.79 Å². The van der Waals surface area contributed by atoms with Crippen LogP contribution in [0.3, 0.4) is 0 Å². The third kappa shape index (κ3) is 2.01. The van der Waals surface area contributed by atoms with Crippen molar-refractivity contribution in [2.75, 3.05) is 6.61 Å². The summed E-state index contributed by atoms with van der Waals surface area (Å²) in [4.78, 5) is 0. The molecular formula is C12H20O2.